The molecule has 0 spiro atoms. The minimum Gasteiger partial charge on any atom is -0.377 e. The highest BCUT2D eigenvalue weighted by molar-refractivity contribution is 4.75. The van der Waals surface area contributed by atoms with Crippen LogP contribution in [0, 0.1) is 0 Å². The predicted molar refractivity (Wildman–Crippen MR) is 70.4 cm³/mol. The lowest BCUT2D eigenvalue weighted by Gasteiger charge is -2.35. The lowest BCUT2D eigenvalue weighted by Crippen LogP contribution is -2.48. The first-order valence-corrected chi connectivity index (χ1v) is 7.15. The topological polar surface area (TPSA) is 27.7 Å². The molecule has 0 aromatic carbocycles. The molecule has 1 unspecified atom stereocenters. The van der Waals surface area contributed by atoms with Gasteiger partial charge in [0, 0.05) is 52.4 Å². The van der Waals surface area contributed by atoms with E-state index >= 15 is 0 Å². The van der Waals surface area contributed by atoms with Crippen molar-refractivity contribution in [3.63, 3.8) is 0 Å². The van der Waals surface area contributed by atoms with Gasteiger partial charge in [-0.05, 0) is 26.3 Å². The van der Waals surface area contributed by atoms with Crippen molar-refractivity contribution < 1.29 is 4.74 Å². The SMILES string of the molecule is CCOC1CCCN(CCN2CCNCC2)C1. The van der Waals surface area contributed by atoms with Crippen molar-refractivity contribution in [2.75, 3.05) is 59.0 Å². The summed E-state index contributed by atoms with van der Waals surface area (Å²) >= 11 is 0. The minimum absolute atomic E-state index is 0.483. The second-order valence-electron chi connectivity index (χ2n) is 5.11. The minimum atomic E-state index is 0.483. The summed E-state index contributed by atoms with van der Waals surface area (Å²) in [5.41, 5.74) is 0. The number of piperidine rings is 1. The Hall–Kier alpha value is -0.160. The fourth-order valence-electron chi connectivity index (χ4n) is 2.81. The number of nitrogens with zero attached hydrogens (tertiary/aromatic N) is 2. The van der Waals surface area contributed by atoms with E-state index in [-0.39, 0.29) is 0 Å². The maximum atomic E-state index is 5.74. The molecule has 1 N–H and O–H groups in total. The van der Waals surface area contributed by atoms with Crippen molar-refractivity contribution >= 4 is 0 Å². The van der Waals surface area contributed by atoms with Crippen molar-refractivity contribution in [3.8, 4) is 0 Å². The molecule has 0 aromatic heterocycles. The summed E-state index contributed by atoms with van der Waals surface area (Å²) in [6, 6.07) is 0. The fourth-order valence-corrected chi connectivity index (χ4v) is 2.81. The highest BCUT2D eigenvalue weighted by Crippen LogP contribution is 2.12. The third-order valence-corrected chi connectivity index (χ3v) is 3.81. The maximum absolute atomic E-state index is 5.74. The van der Waals surface area contributed by atoms with Gasteiger partial charge in [0.1, 0.15) is 0 Å². The Bertz CT molecular complexity index is 205. The Balaban J connectivity index is 1.64. The Morgan fingerprint density at radius 2 is 1.88 bits per heavy atom. The summed E-state index contributed by atoms with van der Waals surface area (Å²) in [5, 5.41) is 3.40. The van der Waals surface area contributed by atoms with Gasteiger partial charge < -0.3 is 10.1 Å². The molecule has 0 radical (unpaired) electrons. The lowest BCUT2D eigenvalue weighted by molar-refractivity contribution is 0.00345. The van der Waals surface area contributed by atoms with Crippen LogP contribution in [-0.4, -0.2) is 74.9 Å². The third-order valence-electron chi connectivity index (χ3n) is 3.81. The molecule has 0 aromatic rings. The van der Waals surface area contributed by atoms with Crippen molar-refractivity contribution in [1.82, 2.24) is 15.1 Å². The number of piperazine rings is 1. The average Bonchev–Trinajstić information content (AvgIpc) is 2.39. The second kappa shape index (κ2) is 7.31. The van der Waals surface area contributed by atoms with Gasteiger partial charge >= 0.3 is 0 Å². The zero-order chi connectivity index (χ0) is 11.9. The molecule has 0 saturated carbocycles. The van der Waals surface area contributed by atoms with E-state index in [0.717, 1.165) is 26.2 Å². The van der Waals surface area contributed by atoms with Crippen LogP contribution in [0.15, 0.2) is 0 Å². The van der Waals surface area contributed by atoms with E-state index in [9.17, 15) is 0 Å². The van der Waals surface area contributed by atoms with E-state index in [2.05, 4.69) is 22.0 Å². The van der Waals surface area contributed by atoms with Gasteiger partial charge in [0.2, 0.25) is 0 Å². The van der Waals surface area contributed by atoms with Crippen LogP contribution < -0.4 is 5.32 Å². The van der Waals surface area contributed by atoms with Gasteiger partial charge in [-0.25, -0.2) is 0 Å². The lowest BCUT2D eigenvalue weighted by atomic mass is 10.1. The molecule has 2 aliphatic heterocycles. The quantitative estimate of drug-likeness (QED) is 0.754. The molecule has 100 valence electrons. The van der Waals surface area contributed by atoms with Gasteiger partial charge in [-0.15, -0.1) is 0 Å². The Morgan fingerprint density at radius 1 is 1.12 bits per heavy atom. The van der Waals surface area contributed by atoms with Crippen LogP contribution in [0.2, 0.25) is 0 Å². The van der Waals surface area contributed by atoms with Gasteiger partial charge in [0.05, 0.1) is 6.10 Å². The first-order valence-electron chi connectivity index (χ1n) is 7.15. The average molecular weight is 241 g/mol. The first-order chi connectivity index (χ1) is 8.38. The predicted octanol–water partition coefficient (Wildman–Crippen LogP) is 0.393. The number of likely N-dealkylation sites (tertiary alicyclic amines) is 1. The van der Waals surface area contributed by atoms with Crippen LogP contribution >= 0.6 is 0 Å². The van der Waals surface area contributed by atoms with Crippen LogP contribution in [-0.2, 0) is 4.74 Å². The molecule has 1 atom stereocenters. The van der Waals surface area contributed by atoms with Crippen molar-refractivity contribution in [1.29, 1.82) is 0 Å². The number of rotatable bonds is 5. The van der Waals surface area contributed by atoms with Crippen LogP contribution in [0.5, 0.6) is 0 Å². The summed E-state index contributed by atoms with van der Waals surface area (Å²) in [6.07, 6.45) is 3.03. The number of nitrogens with one attached hydrogen (secondary N) is 1. The summed E-state index contributed by atoms with van der Waals surface area (Å²) < 4.78 is 5.74. The van der Waals surface area contributed by atoms with Gasteiger partial charge in [-0.2, -0.15) is 0 Å². The van der Waals surface area contributed by atoms with E-state index in [1.54, 1.807) is 0 Å². The molecule has 0 bridgehead atoms. The van der Waals surface area contributed by atoms with E-state index in [1.807, 2.05) is 0 Å². The smallest absolute Gasteiger partial charge is 0.0702 e. The van der Waals surface area contributed by atoms with Gasteiger partial charge in [0.15, 0.2) is 0 Å². The zero-order valence-electron chi connectivity index (χ0n) is 11.2. The first kappa shape index (κ1) is 13.3. The number of ether oxygens (including phenoxy) is 1. The third kappa shape index (κ3) is 4.54. The van der Waals surface area contributed by atoms with Crippen molar-refractivity contribution in [2.45, 2.75) is 25.9 Å². The summed E-state index contributed by atoms with van der Waals surface area (Å²) in [5.74, 6) is 0. The standard InChI is InChI=1S/C13H27N3O/c1-2-17-13-4-3-7-16(12-13)11-10-15-8-5-14-6-9-15/h13-14H,2-12H2,1H3. The van der Waals surface area contributed by atoms with Crippen LogP contribution in [0.3, 0.4) is 0 Å². The largest absolute Gasteiger partial charge is 0.377 e. The van der Waals surface area contributed by atoms with E-state index in [0.29, 0.717) is 6.10 Å². The van der Waals surface area contributed by atoms with E-state index < -0.39 is 0 Å². The summed E-state index contributed by atoms with van der Waals surface area (Å²) in [7, 11) is 0. The fraction of sp³-hybridized carbons (Fsp3) is 1.00. The number of hydrogen-bond acceptors (Lipinski definition) is 4. The summed E-state index contributed by atoms with van der Waals surface area (Å²) in [6.45, 7) is 12.5. The Kier molecular flexibility index (Phi) is 5.71. The molecule has 2 heterocycles. The van der Waals surface area contributed by atoms with Crippen LogP contribution in [0.4, 0.5) is 0 Å². The van der Waals surface area contributed by atoms with Gasteiger partial charge in [0.25, 0.3) is 0 Å². The molecule has 2 fully saturated rings. The molecule has 0 amide bonds. The Morgan fingerprint density at radius 3 is 2.65 bits per heavy atom. The molecular weight excluding hydrogens is 214 g/mol. The highest BCUT2D eigenvalue weighted by atomic mass is 16.5. The molecule has 0 aliphatic carbocycles. The molecule has 4 heteroatoms. The second-order valence-corrected chi connectivity index (χ2v) is 5.11. The Labute approximate surface area is 105 Å². The van der Waals surface area contributed by atoms with E-state index in [1.165, 1.54) is 45.6 Å². The van der Waals surface area contributed by atoms with E-state index in [4.69, 9.17) is 4.74 Å². The van der Waals surface area contributed by atoms with Gasteiger partial charge in [-0.3, -0.25) is 9.80 Å². The zero-order valence-corrected chi connectivity index (χ0v) is 11.2. The highest BCUT2D eigenvalue weighted by Gasteiger charge is 2.20. The molecule has 2 aliphatic rings. The molecule has 2 saturated heterocycles. The van der Waals surface area contributed by atoms with Gasteiger partial charge in [-0.1, -0.05) is 0 Å². The normalized spacial score (nSPS) is 28.4. The van der Waals surface area contributed by atoms with Crippen LogP contribution in [0.25, 0.3) is 0 Å². The van der Waals surface area contributed by atoms with Crippen LogP contribution in [0.1, 0.15) is 19.8 Å². The molecular formula is C13H27N3O. The monoisotopic (exact) mass is 241 g/mol. The summed E-state index contributed by atoms with van der Waals surface area (Å²) in [4.78, 5) is 5.15. The molecule has 2 rings (SSSR count). The molecule has 17 heavy (non-hydrogen) atoms. The van der Waals surface area contributed by atoms with Crippen molar-refractivity contribution in [3.05, 3.63) is 0 Å². The molecule has 4 nitrogen and oxygen atoms in total. The number of hydrogen-bond donors (Lipinski definition) is 1. The van der Waals surface area contributed by atoms with Crippen molar-refractivity contribution in [2.24, 2.45) is 0 Å². The maximum Gasteiger partial charge on any atom is 0.0702 e.